The zero-order valence-electron chi connectivity index (χ0n) is 12.0. The molecule has 0 saturated carbocycles. The van der Waals surface area contributed by atoms with Gasteiger partial charge >= 0.3 is 0 Å². The topological polar surface area (TPSA) is 46.6 Å². The molecule has 6 heteroatoms. The predicted octanol–water partition coefficient (Wildman–Crippen LogP) is 2.53. The van der Waals surface area contributed by atoms with Gasteiger partial charge in [-0.25, -0.2) is 8.42 Å². The first-order valence-electron chi connectivity index (χ1n) is 6.65. The van der Waals surface area contributed by atoms with Crippen LogP contribution in [-0.2, 0) is 20.6 Å². The van der Waals surface area contributed by atoms with Crippen molar-refractivity contribution in [2.24, 2.45) is 0 Å². The lowest BCUT2D eigenvalue weighted by Gasteiger charge is -2.36. The quantitative estimate of drug-likeness (QED) is 0.805. The van der Waals surface area contributed by atoms with Gasteiger partial charge in [0.1, 0.15) is 0 Å². The Hall–Kier alpha value is -0.620. The molecule has 20 heavy (non-hydrogen) atoms. The fourth-order valence-electron chi connectivity index (χ4n) is 2.34. The van der Waals surface area contributed by atoms with E-state index in [9.17, 15) is 8.42 Å². The molecule has 1 aromatic carbocycles. The van der Waals surface area contributed by atoms with Gasteiger partial charge in [0.05, 0.1) is 17.6 Å². The van der Waals surface area contributed by atoms with Crippen LogP contribution in [0.15, 0.2) is 23.1 Å². The average Bonchev–Trinajstić information content (AvgIpc) is 2.41. The summed E-state index contributed by atoms with van der Waals surface area (Å²) in [6.07, 6.45) is -0.0857. The van der Waals surface area contributed by atoms with Crippen LogP contribution in [0.1, 0.15) is 25.0 Å². The molecule has 4 nitrogen and oxygen atoms in total. The zero-order valence-corrected chi connectivity index (χ0v) is 13.5. The number of morpholine rings is 1. The third kappa shape index (κ3) is 3.01. The number of hydrogen-bond donors (Lipinski definition) is 0. The van der Waals surface area contributed by atoms with E-state index in [1.165, 1.54) is 4.31 Å². The Bertz CT molecular complexity index is 588. The van der Waals surface area contributed by atoms with E-state index in [0.29, 0.717) is 23.9 Å². The van der Waals surface area contributed by atoms with Crippen LogP contribution in [0, 0.1) is 6.92 Å². The van der Waals surface area contributed by atoms with Gasteiger partial charge in [0.25, 0.3) is 0 Å². The van der Waals surface area contributed by atoms with E-state index in [-0.39, 0.29) is 12.1 Å². The third-order valence-electron chi connectivity index (χ3n) is 3.54. The van der Waals surface area contributed by atoms with E-state index in [1.54, 1.807) is 19.1 Å². The van der Waals surface area contributed by atoms with Crippen LogP contribution < -0.4 is 0 Å². The van der Waals surface area contributed by atoms with Crippen LogP contribution in [0.5, 0.6) is 0 Å². The van der Waals surface area contributed by atoms with Gasteiger partial charge in [-0.1, -0.05) is 12.1 Å². The lowest BCUT2D eigenvalue weighted by atomic mass is 10.2. The Kier molecular flexibility index (Phi) is 4.74. The van der Waals surface area contributed by atoms with Crippen molar-refractivity contribution in [2.75, 3.05) is 13.2 Å². The molecule has 2 rings (SSSR count). The number of aryl methyl sites for hydroxylation is 1. The van der Waals surface area contributed by atoms with Crippen LogP contribution in [0.4, 0.5) is 0 Å². The Morgan fingerprint density at radius 1 is 1.40 bits per heavy atom. The molecular weight excluding hydrogens is 298 g/mol. The van der Waals surface area contributed by atoms with E-state index in [2.05, 4.69) is 0 Å². The summed E-state index contributed by atoms with van der Waals surface area (Å²) in [4.78, 5) is 0.344. The maximum atomic E-state index is 12.9. The normalized spacial score (nSPS) is 24.8. The number of nitrogens with zero attached hydrogens (tertiary/aromatic N) is 1. The molecule has 0 aromatic heterocycles. The third-order valence-corrected chi connectivity index (χ3v) is 5.97. The van der Waals surface area contributed by atoms with Crippen molar-refractivity contribution >= 4 is 21.6 Å². The van der Waals surface area contributed by atoms with Gasteiger partial charge in [-0.15, -0.1) is 11.6 Å². The fourth-order valence-corrected chi connectivity index (χ4v) is 4.47. The highest BCUT2D eigenvalue weighted by Crippen LogP contribution is 2.26. The second-order valence-corrected chi connectivity index (χ2v) is 7.43. The fraction of sp³-hybridized carbons (Fsp3) is 0.571. The molecule has 1 saturated heterocycles. The molecule has 1 aliphatic rings. The monoisotopic (exact) mass is 317 g/mol. The second-order valence-electron chi connectivity index (χ2n) is 5.30. The first-order chi connectivity index (χ1) is 9.36. The summed E-state index contributed by atoms with van der Waals surface area (Å²) in [6.45, 7) is 6.36. The summed E-state index contributed by atoms with van der Waals surface area (Å²) in [6, 6.07) is 5.17. The smallest absolute Gasteiger partial charge is 0.243 e. The van der Waals surface area contributed by atoms with Crippen molar-refractivity contribution in [3.05, 3.63) is 29.3 Å². The van der Waals surface area contributed by atoms with E-state index >= 15 is 0 Å². The summed E-state index contributed by atoms with van der Waals surface area (Å²) in [5, 5.41) is 0. The van der Waals surface area contributed by atoms with E-state index in [4.69, 9.17) is 16.3 Å². The maximum Gasteiger partial charge on any atom is 0.243 e. The van der Waals surface area contributed by atoms with Crippen LogP contribution in [0.2, 0.25) is 0 Å². The minimum absolute atomic E-state index is 0.0857. The highest BCUT2D eigenvalue weighted by Gasteiger charge is 2.34. The minimum atomic E-state index is -3.51. The summed E-state index contributed by atoms with van der Waals surface area (Å²) >= 11 is 5.81. The highest BCUT2D eigenvalue weighted by molar-refractivity contribution is 7.89. The first kappa shape index (κ1) is 15.8. The number of benzene rings is 1. The summed E-state index contributed by atoms with van der Waals surface area (Å²) < 4.78 is 32.7. The molecule has 2 atom stereocenters. The molecule has 1 aromatic rings. The van der Waals surface area contributed by atoms with Gasteiger partial charge in [0.2, 0.25) is 10.0 Å². The Balaban J connectivity index is 2.43. The van der Waals surface area contributed by atoms with Crippen molar-refractivity contribution in [3.8, 4) is 0 Å². The largest absolute Gasteiger partial charge is 0.375 e. The molecule has 1 heterocycles. The first-order valence-corrected chi connectivity index (χ1v) is 8.62. The number of hydrogen-bond acceptors (Lipinski definition) is 3. The Morgan fingerprint density at radius 2 is 2.10 bits per heavy atom. The van der Waals surface area contributed by atoms with Gasteiger partial charge in [0, 0.05) is 18.5 Å². The van der Waals surface area contributed by atoms with Crippen LogP contribution in [0.25, 0.3) is 0 Å². The lowest BCUT2D eigenvalue weighted by molar-refractivity contribution is -0.0170. The molecule has 0 aliphatic carbocycles. The van der Waals surface area contributed by atoms with Crippen molar-refractivity contribution in [2.45, 2.75) is 43.7 Å². The second kappa shape index (κ2) is 6.02. The summed E-state index contributed by atoms with van der Waals surface area (Å²) in [5.74, 6) is 0.303. The SMILES string of the molecule is Cc1ccc(CCl)cc1S(=O)(=O)N1CC(C)OCC1C. The molecular formula is C14H20ClNO3S. The number of rotatable bonds is 3. The molecule has 0 N–H and O–H groups in total. The molecule has 0 radical (unpaired) electrons. The zero-order chi connectivity index (χ0) is 14.9. The van der Waals surface area contributed by atoms with Crippen molar-refractivity contribution in [1.29, 1.82) is 0 Å². The number of sulfonamides is 1. The van der Waals surface area contributed by atoms with Gasteiger partial charge < -0.3 is 4.74 Å². The van der Waals surface area contributed by atoms with Crippen molar-refractivity contribution < 1.29 is 13.2 Å². The highest BCUT2D eigenvalue weighted by atomic mass is 35.5. The van der Waals surface area contributed by atoms with Crippen LogP contribution in [-0.4, -0.2) is 38.0 Å². The molecule has 1 aliphatic heterocycles. The van der Waals surface area contributed by atoms with Crippen LogP contribution >= 0.6 is 11.6 Å². The lowest BCUT2D eigenvalue weighted by Crippen LogP contribution is -2.50. The average molecular weight is 318 g/mol. The summed E-state index contributed by atoms with van der Waals surface area (Å²) in [5.41, 5.74) is 1.55. The number of ether oxygens (including phenoxy) is 1. The molecule has 2 unspecified atom stereocenters. The van der Waals surface area contributed by atoms with Crippen molar-refractivity contribution in [3.63, 3.8) is 0 Å². The maximum absolute atomic E-state index is 12.9. The van der Waals surface area contributed by atoms with Gasteiger partial charge in [-0.05, 0) is 38.0 Å². The summed E-state index contributed by atoms with van der Waals surface area (Å²) in [7, 11) is -3.51. The number of halogens is 1. The molecule has 112 valence electrons. The van der Waals surface area contributed by atoms with Gasteiger partial charge in [-0.2, -0.15) is 4.31 Å². The van der Waals surface area contributed by atoms with Crippen molar-refractivity contribution in [1.82, 2.24) is 4.31 Å². The number of alkyl halides is 1. The predicted molar refractivity (Wildman–Crippen MR) is 79.5 cm³/mol. The molecule has 0 spiro atoms. The van der Waals surface area contributed by atoms with E-state index in [0.717, 1.165) is 11.1 Å². The minimum Gasteiger partial charge on any atom is -0.375 e. The van der Waals surface area contributed by atoms with E-state index < -0.39 is 10.0 Å². The molecule has 0 amide bonds. The standard InChI is InChI=1S/C14H20ClNO3S/c1-10-4-5-13(7-15)6-14(10)20(17,18)16-8-12(3)19-9-11(16)2/h4-6,11-12H,7-9H2,1-3H3. The van der Waals surface area contributed by atoms with Crippen LogP contribution in [0.3, 0.4) is 0 Å². The van der Waals surface area contributed by atoms with E-state index in [1.807, 2.05) is 19.9 Å². The Labute approximate surface area is 125 Å². The van der Waals surface area contributed by atoms with Gasteiger partial charge in [-0.3, -0.25) is 0 Å². The molecule has 0 bridgehead atoms. The molecule has 1 fully saturated rings. The van der Waals surface area contributed by atoms with Gasteiger partial charge in [0.15, 0.2) is 0 Å². The Morgan fingerprint density at radius 3 is 2.75 bits per heavy atom.